The molecule has 0 spiro atoms. The molecule has 2 heterocycles. The van der Waals surface area contributed by atoms with Gasteiger partial charge >= 0.3 is 6.18 Å². The molecular weight excluding hydrogens is 357 g/mol. The summed E-state index contributed by atoms with van der Waals surface area (Å²) in [6, 6.07) is 8.42. The van der Waals surface area contributed by atoms with E-state index >= 15 is 0 Å². The molecule has 3 nitrogen and oxygen atoms in total. The number of aromatic nitrogens is 1. The van der Waals surface area contributed by atoms with Gasteiger partial charge in [0, 0.05) is 5.38 Å². The molecule has 0 bridgehead atoms. The van der Waals surface area contributed by atoms with E-state index in [1.54, 1.807) is 11.3 Å². The lowest BCUT2D eigenvalue weighted by Crippen LogP contribution is -2.14. The number of hydrogen-bond acceptors (Lipinski definition) is 4. The Balaban J connectivity index is 1.62. The van der Waals surface area contributed by atoms with Gasteiger partial charge in [0.1, 0.15) is 0 Å². The van der Waals surface area contributed by atoms with E-state index in [1.165, 1.54) is 23.5 Å². The molecule has 0 aliphatic carbocycles. The molecule has 0 fully saturated rings. The fourth-order valence-electron chi connectivity index (χ4n) is 2.03. The summed E-state index contributed by atoms with van der Waals surface area (Å²) in [7, 11) is 0. The second-order valence-electron chi connectivity index (χ2n) is 4.93. The highest BCUT2D eigenvalue weighted by atomic mass is 32.1. The number of nitrogens with one attached hydrogen (secondary N) is 1. The molecule has 3 rings (SSSR count). The largest absolute Gasteiger partial charge is 0.416 e. The van der Waals surface area contributed by atoms with Gasteiger partial charge in [-0.05, 0) is 29.1 Å². The number of carbonyl (C=O) groups is 1. The van der Waals surface area contributed by atoms with Crippen molar-refractivity contribution in [3.63, 3.8) is 0 Å². The fourth-order valence-corrected chi connectivity index (χ4v) is 3.52. The van der Waals surface area contributed by atoms with Crippen LogP contribution in [0.5, 0.6) is 0 Å². The maximum absolute atomic E-state index is 12.5. The van der Waals surface area contributed by atoms with Crippen molar-refractivity contribution >= 4 is 33.7 Å². The number of rotatable bonds is 4. The van der Waals surface area contributed by atoms with Crippen LogP contribution in [0.1, 0.15) is 11.1 Å². The number of anilines is 1. The lowest BCUT2D eigenvalue weighted by atomic mass is 10.1. The van der Waals surface area contributed by atoms with Crippen molar-refractivity contribution in [1.82, 2.24) is 4.98 Å². The molecule has 0 saturated heterocycles. The van der Waals surface area contributed by atoms with Crippen LogP contribution >= 0.6 is 22.7 Å². The van der Waals surface area contributed by atoms with Crippen molar-refractivity contribution in [2.75, 3.05) is 5.32 Å². The lowest BCUT2D eigenvalue weighted by Gasteiger charge is -2.07. The monoisotopic (exact) mass is 368 g/mol. The maximum Gasteiger partial charge on any atom is 0.416 e. The van der Waals surface area contributed by atoms with Crippen LogP contribution in [-0.2, 0) is 17.4 Å². The van der Waals surface area contributed by atoms with Gasteiger partial charge in [-0.15, -0.1) is 22.7 Å². The van der Waals surface area contributed by atoms with Crippen molar-refractivity contribution in [2.24, 2.45) is 0 Å². The van der Waals surface area contributed by atoms with Crippen molar-refractivity contribution < 1.29 is 18.0 Å². The number of thiophene rings is 1. The van der Waals surface area contributed by atoms with Crippen LogP contribution in [0.3, 0.4) is 0 Å². The van der Waals surface area contributed by atoms with E-state index in [0.717, 1.165) is 22.7 Å². The minimum Gasteiger partial charge on any atom is -0.302 e. The van der Waals surface area contributed by atoms with Gasteiger partial charge in [0.05, 0.1) is 22.6 Å². The van der Waals surface area contributed by atoms with Crippen molar-refractivity contribution in [3.05, 3.63) is 58.3 Å². The van der Waals surface area contributed by atoms with Crippen LogP contribution in [0.4, 0.5) is 18.3 Å². The number of halogens is 3. The third kappa shape index (κ3) is 4.01. The highest BCUT2D eigenvalue weighted by Gasteiger charge is 2.29. The molecule has 1 amide bonds. The Morgan fingerprint density at radius 3 is 2.50 bits per heavy atom. The van der Waals surface area contributed by atoms with E-state index in [-0.39, 0.29) is 12.3 Å². The van der Waals surface area contributed by atoms with E-state index in [0.29, 0.717) is 10.7 Å². The topological polar surface area (TPSA) is 42.0 Å². The second kappa shape index (κ2) is 6.74. The zero-order valence-corrected chi connectivity index (χ0v) is 13.8. The first-order chi connectivity index (χ1) is 11.4. The first-order valence-electron chi connectivity index (χ1n) is 6.87. The van der Waals surface area contributed by atoms with E-state index in [9.17, 15) is 18.0 Å². The molecule has 2 aromatic heterocycles. The molecule has 0 radical (unpaired) electrons. The number of thiazole rings is 1. The molecule has 0 aliphatic heterocycles. The lowest BCUT2D eigenvalue weighted by molar-refractivity contribution is -0.137. The molecule has 8 heteroatoms. The molecule has 1 N–H and O–H groups in total. The van der Waals surface area contributed by atoms with Gasteiger partial charge in [0.25, 0.3) is 0 Å². The standard InChI is InChI=1S/C16H11F3N2OS2/c17-16(18,19)11-5-3-10(4-6-11)8-14(22)21-15-20-12(9-24-15)13-2-1-7-23-13/h1-7,9H,8H2,(H,20,21,22). The molecule has 0 saturated carbocycles. The molecule has 1 aromatic carbocycles. The van der Waals surface area contributed by atoms with Crippen LogP contribution < -0.4 is 5.32 Å². The molecule has 0 atom stereocenters. The molecule has 3 aromatic rings. The number of carbonyl (C=O) groups excluding carboxylic acids is 1. The van der Waals surface area contributed by atoms with Crippen molar-refractivity contribution in [3.8, 4) is 10.6 Å². The van der Waals surface area contributed by atoms with Gasteiger partial charge in [-0.3, -0.25) is 4.79 Å². The van der Waals surface area contributed by atoms with Gasteiger partial charge in [-0.25, -0.2) is 4.98 Å². The minimum atomic E-state index is -4.38. The molecule has 0 aliphatic rings. The van der Waals surface area contributed by atoms with Gasteiger partial charge in [-0.2, -0.15) is 13.2 Å². The third-order valence-electron chi connectivity index (χ3n) is 3.17. The normalized spacial score (nSPS) is 11.5. The molecular formula is C16H11F3N2OS2. The smallest absolute Gasteiger partial charge is 0.302 e. The van der Waals surface area contributed by atoms with Gasteiger partial charge < -0.3 is 5.32 Å². The Hall–Kier alpha value is -2.19. The maximum atomic E-state index is 12.5. The van der Waals surface area contributed by atoms with E-state index in [1.807, 2.05) is 22.9 Å². The Bertz CT molecular complexity index is 824. The zero-order valence-electron chi connectivity index (χ0n) is 12.1. The Labute approximate surface area is 143 Å². The van der Waals surface area contributed by atoms with Crippen LogP contribution in [0, 0.1) is 0 Å². The Kier molecular flexibility index (Phi) is 4.68. The molecule has 0 unspecified atom stereocenters. The predicted molar refractivity (Wildman–Crippen MR) is 89.2 cm³/mol. The van der Waals surface area contributed by atoms with E-state index in [4.69, 9.17) is 0 Å². The summed E-state index contributed by atoms with van der Waals surface area (Å²) in [4.78, 5) is 17.3. The van der Waals surface area contributed by atoms with Crippen molar-refractivity contribution in [2.45, 2.75) is 12.6 Å². The highest BCUT2D eigenvalue weighted by Crippen LogP contribution is 2.30. The number of amides is 1. The van der Waals surface area contributed by atoms with E-state index < -0.39 is 11.7 Å². The summed E-state index contributed by atoms with van der Waals surface area (Å²) in [5.41, 5.74) is 0.572. The van der Waals surface area contributed by atoms with E-state index in [2.05, 4.69) is 10.3 Å². The average molecular weight is 368 g/mol. The quantitative estimate of drug-likeness (QED) is 0.698. The first-order valence-corrected chi connectivity index (χ1v) is 8.63. The predicted octanol–water partition coefficient (Wildman–Crippen LogP) is 5.07. The number of benzene rings is 1. The van der Waals surface area contributed by atoms with Gasteiger partial charge in [0.2, 0.25) is 5.91 Å². The van der Waals surface area contributed by atoms with Gasteiger partial charge in [-0.1, -0.05) is 18.2 Å². The third-order valence-corrected chi connectivity index (χ3v) is 4.82. The molecule has 24 heavy (non-hydrogen) atoms. The average Bonchev–Trinajstić information content (AvgIpc) is 3.17. The fraction of sp³-hybridized carbons (Fsp3) is 0.125. The summed E-state index contributed by atoms with van der Waals surface area (Å²) < 4.78 is 37.5. The zero-order chi connectivity index (χ0) is 17.2. The summed E-state index contributed by atoms with van der Waals surface area (Å²) in [6.07, 6.45) is -4.38. The molecule has 124 valence electrons. The van der Waals surface area contributed by atoms with Crippen LogP contribution in [0.25, 0.3) is 10.6 Å². The summed E-state index contributed by atoms with van der Waals surface area (Å²) in [5.74, 6) is -0.318. The highest BCUT2D eigenvalue weighted by molar-refractivity contribution is 7.16. The second-order valence-corrected chi connectivity index (χ2v) is 6.74. The Morgan fingerprint density at radius 1 is 1.12 bits per heavy atom. The minimum absolute atomic E-state index is 0.00788. The number of hydrogen-bond donors (Lipinski definition) is 1. The first kappa shape index (κ1) is 16.7. The summed E-state index contributed by atoms with van der Waals surface area (Å²) >= 11 is 2.86. The van der Waals surface area contributed by atoms with Crippen LogP contribution in [0.15, 0.2) is 47.2 Å². The number of nitrogens with zero attached hydrogens (tertiary/aromatic N) is 1. The van der Waals surface area contributed by atoms with Crippen LogP contribution in [0.2, 0.25) is 0 Å². The van der Waals surface area contributed by atoms with Crippen molar-refractivity contribution in [1.29, 1.82) is 0 Å². The summed E-state index contributed by atoms with van der Waals surface area (Å²) in [5, 5.41) is 6.93. The summed E-state index contributed by atoms with van der Waals surface area (Å²) in [6.45, 7) is 0. The SMILES string of the molecule is O=C(Cc1ccc(C(F)(F)F)cc1)Nc1nc(-c2cccs2)cs1. The van der Waals surface area contributed by atoms with Gasteiger partial charge in [0.15, 0.2) is 5.13 Å². The number of alkyl halides is 3. The Morgan fingerprint density at radius 2 is 1.88 bits per heavy atom. The van der Waals surface area contributed by atoms with Crippen LogP contribution in [-0.4, -0.2) is 10.9 Å².